The molecule has 3 rings (SSSR count). The van der Waals surface area contributed by atoms with Gasteiger partial charge in [0.2, 0.25) is 5.89 Å². The number of aldehydes is 1. The summed E-state index contributed by atoms with van der Waals surface area (Å²) in [5, 5.41) is 7.74. The molecule has 0 fully saturated rings. The van der Waals surface area contributed by atoms with E-state index in [2.05, 4.69) is 10.2 Å². The molecule has 25 heavy (non-hydrogen) atoms. The Morgan fingerprint density at radius 3 is 2.52 bits per heavy atom. The summed E-state index contributed by atoms with van der Waals surface area (Å²) >= 11 is 0. The van der Waals surface area contributed by atoms with Crippen molar-refractivity contribution < 1.29 is 23.5 Å². The predicted octanol–water partition coefficient (Wildman–Crippen LogP) is 2.67. The number of nitrogens with zero attached hydrogens (tertiary/aromatic N) is 2. The highest BCUT2D eigenvalue weighted by molar-refractivity contribution is 5.75. The van der Waals surface area contributed by atoms with Gasteiger partial charge in [0.1, 0.15) is 12.0 Å². The first kappa shape index (κ1) is 16.4. The zero-order valence-electron chi connectivity index (χ0n) is 13.1. The van der Waals surface area contributed by atoms with E-state index in [0.29, 0.717) is 17.2 Å². The number of rotatable bonds is 7. The second kappa shape index (κ2) is 7.87. The first-order valence-corrected chi connectivity index (χ1v) is 7.46. The summed E-state index contributed by atoms with van der Waals surface area (Å²) in [6.07, 6.45) is 0.728. The van der Waals surface area contributed by atoms with Crippen LogP contribution in [-0.4, -0.2) is 29.1 Å². The van der Waals surface area contributed by atoms with Gasteiger partial charge < -0.3 is 13.9 Å². The molecule has 0 aliphatic carbocycles. The molecular weight excluding hydrogens is 324 g/mol. The van der Waals surface area contributed by atoms with Crippen LogP contribution < -0.4 is 4.74 Å². The summed E-state index contributed by atoms with van der Waals surface area (Å²) in [4.78, 5) is 22.3. The first-order chi connectivity index (χ1) is 12.2. The quantitative estimate of drug-likeness (QED) is 0.483. The molecule has 0 saturated heterocycles. The maximum atomic E-state index is 11.7. The third-order valence-corrected chi connectivity index (χ3v) is 3.22. The monoisotopic (exact) mass is 338 g/mol. The van der Waals surface area contributed by atoms with E-state index in [1.54, 1.807) is 24.3 Å². The van der Waals surface area contributed by atoms with Crippen LogP contribution in [0.5, 0.6) is 5.75 Å². The third kappa shape index (κ3) is 4.51. The van der Waals surface area contributed by atoms with Gasteiger partial charge in [0.25, 0.3) is 5.89 Å². The molecule has 0 bridgehead atoms. The van der Waals surface area contributed by atoms with Crippen molar-refractivity contribution in [3.05, 3.63) is 66.1 Å². The van der Waals surface area contributed by atoms with Gasteiger partial charge >= 0.3 is 5.97 Å². The van der Waals surface area contributed by atoms with Crippen molar-refractivity contribution in [2.75, 3.05) is 6.61 Å². The number of ether oxygens (including phenoxy) is 2. The van der Waals surface area contributed by atoms with Gasteiger partial charge in [-0.1, -0.05) is 18.2 Å². The second-order valence-electron chi connectivity index (χ2n) is 5.00. The zero-order valence-corrected chi connectivity index (χ0v) is 13.1. The van der Waals surface area contributed by atoms with E-state index in [0.717, 1.165) is 11.8 Å². The lowest BCUT2D eigenvalue weighted by Crippen LogP contribution is -2.14. The highest BCUT2D eigenvalue weighted by Gasteiger charge is 2.11. The van der Waals surface area contributed by atoms with Crippen molar-refractivity contribution in [1.29, 1.82) is 0 Å². The Labute approximate surface area is 143 Å². The van der Waals surface area contributed by atoms with E-state index in [-0.39, 0.29) is 19.1 Å². The minimum atomic E-state index is -0.570. The summed E-state index contributed by atoms with van der Waals surface area (Å²) in [6, 6.07) is 15.7. The lowest BCUT2D eigenvalue weighted by molar-refractivity contribution is -0.148. The number of aromatic nitrogens is 2. The fourth-order valence-corrected chi connectivity index (χ4v) is 1.98. The standard InChI is InChI=1S/C18H14N2O5/c21-10-13-6-8-15(9-7-13)23-12-17(22)24-11-16-19-20-18(25-16)14-4-2-1-3-5-14/h1-10H,11-12H2. The van der Waals surface area contributed by atoms with Crippen LogP contribution >= 0.6 is 0 Å². The molecule has 0 N–H and O–H groups in total. The molecule has 0 saturated carbocycles. The van der Waals surface area contributed by atoms with Crippen LogP contribution in [0.4, 0.5) is 0 Å². The lowest BCUT2D eigenvalue weighted by Gasteiger charge is -2.05. The molecular formula is C18H14N2O5. The topological polar surface area (TPSA) is 91.5 Å². The van der Waals surface area contributed by atoms with Gasteiger partial charge in [0.05, 0.1) is 0 Å². The Balaban J connectivity index is 1.47. The van der Waals surface area contributed by atoms with Gasteiger partial charge in [0.15, 0.2) is 13.2 Å². The number of hydrogen-bond acceptors (Lipinski definition) is 7. The molecule has 3 aromatic rings. The summed E-state index contributed by atoms with van der Waals surface area (Å²) in [5.74, 6) is 0.450. The molecule has 0 atom stereocenters. The summed E-state index contributed by atoms with van der Waals surface area (Å²) in [5.41, 5.74) is 1.32. The SMILES string of the molecule is O=Cc1ccc(OCC(=O)OCc2nnc(-c3ccccc3)o2)cc1. The molecule has 0 unspecified atom stereocenters. The van der Waals surface area contributed by atoms with E-state index >= 15 is 0 Å². The van der Waals surface area contributed by atoms with Gasteiger partial charge in [-0.2, -0.15) is 0 Å². The van der Waals surface area contributed by atoms with Crippen LogP contribution in [0.2, 0.25) is 0 Å². The van der Waals surface area contributed by atoms with Gasteiger partial charge in [-0.15, -0.1) is 10.2 Å². The molecule has 7 heteroatoms. The Bertz CT molecular complexity index is 843. The molecule has 0 aliphatic heterocycles. The number of carbonyl (C=O) groups excluding carboxylic acids is 2. The second-order valence-corrected chi connectivity index (χ2v) is 5.00. The van der Waals surface area contributed by atoms with Crippen molar-refractivity contribution in [2.24, 2.45) is 0 Å². The highest BCUT2D eigenvalue weighted by atomic mass is 16.6. The number of benzene rings is 2. The zero-order chi connectivity index (χ0) is 17.5. The third-order valence-electron chi connectivity index (χ3n) is 3.22. The average molecular weight is 338 g/mol. The largest absolute Gasteiger partial charge is 0.482 e. The van der Waals surface area contributed by atoms with Gasteiger partial charge in [-0.25, -0.2) is 4.79 Å². The van der Waals surface area contributed by atoms with Crippen LogP contribution in [0.3, 0.4) is 0 Å². The van der Waals surface area contributed by atoms with Crippen molar-refractivity contribution in [1.82, 2.24) is 10.2 Å². The smallest absolute Gasteiger partial charge is 0.344 e. The van der Waals surface area contributed by atoms with E-state index in [4.69, 9.17) is 13.9 Å². The Morgan fingerprint density at radius 2 is 1.80 bits per heavy atom. The Morgan fingerprint density at radius 1 is 1.04 bits per heavy atom. The minimum Gasteiger partial charge on any atom is -0.482 e. The number of carbonyl (C=O) groups is 2. The van der Waals surface area contributed by atoms with Crippen molar-refractivity contribution in [2.45, 2.75) is 6.61 Å². The number of hydrogen-bond donors (Lipinski definition) is 0. The van der Waals surface area contributed by atoms with Crippen LogP contribution in [0, 0.1) is 0 Å². The van der Waals surface area contributed by atoms with Gasteiger partial charge in [0, 0.05) is 11.1 Å². The molecule has 0 radical (unpaired) electrons. The van der Waals surface area contributed by atoms with Gasteiger partial charge in [-0.05, 0) is 36.4 Å². The van der Waals surface area contributed by atoms with Crippen molar-refractivity contribution in [3.8, 4) is 17.2 Å². The lowest BCUT2D eigenvalue weighted by atomic mass is 10.2. The van der Waals surface area contributed by atoms with Gasteiger partial charge in [-0.3, -0.25) is 4.79 Å². The van der Waals surface area contributed by atoms with Crippen LogP contribution in [-0.2, 0) is 16.1 Å². The van der Waals surface area contributed by atoms with E-state index in [9.17, 15) is 9.59 Å². The molecule has 2 aromatic carbocycles. The molecule has 0 amide bonds. The van der Waals surface area contributed by atoms with Crippen LogP contribution in [0.1, 0.15) is 16.2 Å². The summed E-state index contributed by atoms with van der Waals surface area (Å²) in [7, 11) is 0. The normalized spacial score (nSPS) is 10.2. The fourth-order valence-electron chi connectivity index (χ4n) is 1.98. The average Bonchev–Trinajstić information content (AvgIpc) is 3.15. The van der Waals surface area contributed by atoms with Crippen LogP contribution in [0.15, 0.2) is 59.0 Å². The van der Waals surface area contributed by atoms with E-state index < -0.39 is 5.97 Å². The molecule has 126 valence electrons. The number of esters is 1. The van der Waals surface area contributed by atoms with E-state index in [1.165, 1.54) is 0 Å². The Hall–Kier alpha value is -3.48. The van der Waals surface area contributed by atoms with E-state index in [1.807, 2.05) is 30.3 Å². The highest BCUT2D eigenvalue weighted by Crippen LogP contribution is 2.17. The molecule has 1 aromatic heterocycles. The summed E-state index contributed by atoms with van der Waals surface area (Å²) in [6.45, 7) is -0.397. The molecule has 1 heterocycles. The molecule has 0 spiro atoms. The molecule has 0 aliphatic rings. The van der Waals surface area contributed by atoms with Crippen molar-refractivity contribution in [3.63, 3.8) is 0 Å². The fraction of sp³-hybridized carbons (Fsp3) is 0.111. The Kier molecular flexibility index (Phi) is 5.16. The van der Waals surface area contributed by atoms with Crippen molar-refractivity contribution >= 4 is 12.3 Å². The molecule has 7 nitrogen and oxygen atoms in total. The first-order valence-electron chi connectivity index (χ1n) is 7.46. The summed E-state index contributed by atoms with van der Waals surface area (Å²) < 4.78 is 15.7. The predicted molar refractivity (Wildman–Crippen MR) is 86.9 cm³/mol. The maximum Gasteiger partial charge on any atom is 0.344 e. The van der Waals surface area contributed by atoms with Crippen LogP contribution in [0.25, 0.3) is 11.5 Å². The maximum absolute atomic E-state index is 11.7. The minimum absolute atomic E-state index is 0.133.